The smallest absolute Gasteiger partial charge is 0.447 e. The van der Waals surface area contributed by atoms with Crippen LogP contribution in [0.3, 0.4) is 0 Å². The molecule has 1 N–H and O–H groups in total. The van der Waals surface area contributed by atoms with Crippen LogP contribution in [0, 0.1) is 0 Å². The molecule has 0 aromatic carbocycles. The highest BCUT2D eigenvalue weighted by molar-refractivity contribution is 7.34. The Hall–Kier alpha value is -0.670. The zero-order chi connectivity index (χ0) is 8.69. The molecule has 0 spiro atoms. The van der Waals surface area contributed by atoms with Gasteiger partial charge in [-0.1, -0.05) is 13.3 Å². The molecule has 0 bridgehead atoms. The van der Waals surface area contributed by atoms with Gasteiger partial charge in [0, 0.05) is 4.57 Å². The number of rotatable bonds is 5. The molecule has 5 nitrogen and oxygen atoms in total. The van der Waals surface area contributed by atoms with Crippen LogP contribution in [0.5, 0.6) is 0 Å². The van der Waals surface area contributed by atoms with Gasteiger partial charge in [-0.3, -0.25) is 0 Å². The normalized spacial score (nSPS) is 10.8. The van der Waals surface area contributed by atoms with Crippen molar-refractivity contribution in [3.63, 3.8) is 0 Å². The van der Waals surface area contributed by atoms with Crippen LogP contribution in [-0.2, 0) is 13.6 Å². The van der Waals surface area contributed by atoms with E-state index in [2.05, 4.69) is 9.05 Å². The number of unbranched alkanes of at least 4 members (excludes halogenated alkanes) is 1. The van der Waals surface area contributed by atoms with Crippen LogP contribution >= 0.6 is 8.25 Å². The molecule has 0 saturated carbocycles. The van der Waals surface area contributed by atoms with Crippen molar-refractivity contribution in [3.05, 3.63) is 0 Å². The van der Waals surface area contributed by atoms with Gasteiger partial charge in [0.1, 0.15) is 6.61 Å². The minimum absolute atomic E-state index is 0.263. The highest BCUT2D eigenvalue weighted by Gasteiger charge is 2.25. The predicted octanol–water partition coefficient (Wildman–Crippen LogP) is 2.16. The van der Waals surface area contributed by atoms with E-state index in [1.807, 2.05) is 6.92 Å². The number of carbonyl (C=O) groups is 1. The summed E-state index contributed by atoms with van der Waals surface area (Å²) in [6, 6.07) is 0. The summed E-state index contributed by atoms with van der Waals surface area (Å²) in [4.78, 5) is 9.76. The van der Waals surface area contributed by atoms with Gasteiger partial charge in [-0.2, -0.15) is 4.79 Å². The molecule has 0 fully saturated rings. The molecule has 0 rings (SSSR count). The van der Waals surface area contributed by atoms with E-state index in [1.165, 1.54) is 0 Å². The third-order valence-corrected chi connectivity index (χ3v) is 1.55. The second-order valence-electron chi connectivity index (χ2n) is 1.77. The molecule has 0 heterocycles. The molecule has 0 aliphatic carbocycles. The molecule has 0 radical (unpaired) electrons. The van der Waals surface area contributed by atoms with Crippen LogP contribution in [0.2, 0.25) is 0 Å². The van der Waals surface area contributed by atoms with Crippen molar-refractivity contribution in [1.29, 1.82) is 0 Å². The fraction of sp³-hybridized carbons (Fsp3) is 0.800. The van der Waals surface area contributed by atoms with Crippen molar-refractivity contribution < 1.29 is 23.5 Å². The first-order chi connectivity index (χ1) is 5.16. The van der Waals surface area contributed by atoms with Gasteiger partial charge in [-0.15, -0.1) is 9.05 Å². The minimum Gasteiger partial charge on any atom is -0.447 e. The van der Waals surface area contributed by atoms with Crippen molar-refractivity contribution in [2.24, 2.45) is 0 Å². The first-order valence-electron chi connectivity index (χ1n) is 3.18. The van der Waals surface area contributed by atoms with Gasteiger partial charge in [0.25, 0.3) is 0 Å². The molecule has 0 aliphatic heterocycles. The standard InChI is InChI=1S/C5H9O5P/c1-2-3-4-9-11(8)10-5(6)7/h2-4H2,1H3/p+1. The van der Waals surface area contributed by atoms with Crippen LogP contribution in [0.1, 0.15) is 19.8 Å². The Morgan fingerprint density at radius 3 is 2.73 bits per heavy atom. The molecule has 1 unspecified atom stereocenters. The lowest BCUT2D eigenvalue weighted by atomic mass is 10.4. The fourth-order valence-corrected chi connectivity index (χ4v) is 0.832. The number of carboxylic acid groups (broad SMARTS) is 1. The average Bonchev–Trinajstić information content (AvgIpc) is 1.86. The van der Waals surface area contributed by atoms with Crippen molar-refractivity contribution in [1.82, 2.24) is 0 Å². The van der Waals surface area contributed by atoms with Crippen LogP contribution in [0.4, 0.5) is 4.79 Å². The lowest BCUT2D eigenvalue weighted by Gasteiger charge is -1.86. The van der Waals surface area contributed by atoms with E-state index in [4.69, 9.17) is 5.11 Å². The molecule has 0 saturated heterocycles. The maximum absolute atomic E-state index is 10.5. The SMILES string of the molecule is CCCCO[P+](=O)OC(=O)O. The Morgan fingerprint density at radius 2 is 2.27 bits per heavy atom. The van der Waals surface area contributed by atoms with Gasteiger partial charge in [0.05, 0.1) is 0 Å². The average molecular weight is 181 g/mol. The maximum atomic E-state index is 10.5. The monoisotopic (exact) mass is 181 g/mol. The van der Waals surface area contributed by atoms with Gasteiger partial charge < -0.3 is 5.11 Å². The predicted molar refractivity (Wildman–Crippen MR) is 37.6 cm³/mol. The van der Waals surface area contributed by atoms with Gasteiger partial charge in [-0.05, 0) is 6.42 Å². The summed E-state index contributed by atoms with van der Waals surface area (Å²) >= 11 is 0. The summed E-state index contributed by atoms with van der Waals surface area (Å²) in [5.41, 5.74) is 0. The van der Waals surface area contributed by atoms with Crippen LogP contribution in [0.15, 0.2) is 0 Å². The fourth-order valence-electron chi connectivity index (χ4n) is 0.374. The van der Waals surface area contributed by atoms with E-state index in [1.54, 1.807) is 0 Å². The zero-order valence-corrected chi connectivity index (χ0v) is 7.04. The van der Waals surface area contributed by atoms with Gasteiger partial charge >= 0.3 is 14.4 Å². The van der Waals surface area contributed by atoms with Crippen LogP contribution in [0.25, 0.3) is 0 Å². The summed E-state index contributed by atoms with van der Waals surface area (Å²) in [5, 5.41) is 7.95. The van der Waals surface area contributed by atoms with E-state index in [0.717, 1.165) is 12.8 Å². The second kappa shape index (κ2) is 6.07. The van der Waals surface area contributed by atoms with Crippen molar-refractivity contribution in [3.8, 4) is 0 Å². The van der Waals surface area contributed by atoms with Crippen LogP contribution in [-0.4, -0.2) is 17.9 Å². The third-order valence-electron chi connectivity index (χ3n) is 0.847. The Balaban J connectivity index is 3.30. The first kappa shape index (κ1) is 10.3. The van der Waals surface area contributed by atoms with E-state index >= 15 is 0 Å². The third kappa shape index (κ3) is 7.22. The molecular formula is C5H10O5P+. The summed E-state index contributed by atoms with van der Waals surface area (Å²) in [6.07, 6.45) is 0.0583. The second-order valence-corrected chi connectivity index (χ2v) is 2.66. The van der Waals surface area contributed by atoms with Crippen molar-refractivity contribution >= 4 is 14.4 Å². The lowest BCUT2D eigenvalue weighted by Crippen LogP contribution is -1.94. The topological polar surface area (TPSA) is 72.8 Å². The van der Waals surface area contributed by atoms with E-state index in [-0.39, 0.29) is 6.61 Å². The molecule has 0 amide bonds. The Morgan fingerprint density at radius 1 is 1.64 bits per heavy atom. The molecule has 6 heteroatoms. The largest absolute Gasteiger partial charge is 0.756 e. The summed E-state index contributed by atoms with van der Waals surface area (Å²) in [7, 11) is -2.48. The van der Waals surface area contributed by atoms with E-state index in [0.29, 0.717) is 0 Å². The Bertz CT molecular complexity index is 146. The molecule has 0 aromatic rings. The molecule has 64 valence electrons. The van der Waals surface area contributed by atoms with E-state index < -0.39 is 14.4 Å². The van der Waals surface area contributed by atoms with Gasteiger partial charge in [0.15, 0.2) is 0 Å². The number of hydrogen-bond acceptors (Lipinski definition) is 4. The highest BCUT2D eigenvalue weighted by Crippen LogP contribution is 2.23. The molecule has 0 aliphatic rings. The molecular weight excluding hydrogens is 171 g/mol. The van der Waals surface area contributed by atoms with Crippen molar-refractivity contribution in [2.75, 3.05) is 6.61 Å². The maximum Gasteiger partial charge on any atom is 0.756 e. The first-order valence-corrected chi connectivity index (χ1v) is 4.27. The molecule has 0 aromatic heterocycles. The summed E-state index contributed by atoms with van der Waals surface area (Å²) < 4.78 is 18.8. The lowest BCUT2D eigenvalue weighted by molar-refractivity contribution is 0.136. The molecule has 1 atom stereocenters. The highest BCUT2D eigenvalue weighted by atomic mass is 31.1. The molecule has 11 heavy (non-hydrogen) atoms. The summed E-state index contributed by atoms with van der Waals surface area (Å²) in [5.74, 6) is 0. The van der Waals surface area contributed by atoms with Gasteiger partial charge in [-0.25, -0.2) is 0 Å². The Kier molecular flexibility index (Phi) is 5.70. The van der Waals surface area contributed by atoms with Crippen molar-refractivity contribution in [2.45, 2.75) is 19.8 Å². The number of hydrogen-bond donors (Lipinski definition) is 1. The Labute approximate surface area is 65.3 Å². The minimum atomic E-state index is -2.48. The van der Waals surface area contributed by atoms with Gasteiger partial charge in [0.2, 0.25) is 0 Å². The van der Waals surface area contributed by atoms with Crippen LogP contribution < -0.4 is 0 Å². The zero-order valence-electron chi connectivity index (χ0n) is 6.15. The quantitative estimate of drug-likeness (QED) is 0.519. The van der Waals surface area contributed by atoms with E-state index in [9.17, 15) is 9.36 Å². The summed E-state index contributed by atoms with van der Waals surface area (Å²) in [6.45, 7) is 2.20.